The van der Waals surface area contributed by atoms with E-state index >= 15 is 0 Å². The number of hydrogen-bond acceptors (Lipinski definition) is 7. The van der Waals surface area contributed by atoms with Crippen molar-refractivity contribution >= 4 is 22.4 Å². The number of anilines is 1. The molecule has 0 fully saturated rings. The van der Waals surface area contributed by atoms with Crippen LogP contribution >= 0.6 is 11.3 Å². The molecule has 0 saturated heterocycles. The van der Waals surface area contributed by atoms with Crippen LogP contribution in [0.15, 0.2) is 24.3 Å². The molecule has 7 nitrogen and oxygen atoms in total. The highest BCUT2D eigenvalue weighted by molar-refractivity contribution is 7.15. The summed E-state index contributed by atoms with van der Waals surface area (Å²) in [6.45, 7) is 1.92. The molecule has 5 N–H and O–H groups in total. The molecular weight excluding hydrogens is 278 g/mol. The number of nitrogens with one attached hydrogen (secondary N) is 2. The van der Waals surface area contributed by atoms with Gasteiger partial charge in [-0.15, -0.1) is 10.2 Å². The first-order valence-electron chi connectivity index (χ1n) is 5.80. The van der Waals surface area contributed by atoms with Gasteiger partial charge >= 0.3 is 0 Å². The fourth-order valence-corrected chi connectivity index (χ4v) is 2.29. The van der Waals surface area contributed by atoms with E-state index in [9.17, 15) is 4.79 Å². The molecule has 1 heterocycles. The van der Waals surface area contributed by atoms with Crippen LogP contribution in [0.5, 0.6) is 0 Å². The van der Waals surface area contributed by atoms with Gasteiger partial charge in [0.25, 0.3) is 5.91 Å². The Kier molecular flexibility index (Phi) is 4.74. The Morgan fingerprint density at radius 3 is 3.00 bits per heavy atom. The maximum absolute atomic E-state index is 12.0. The van der Waals surface area contributed by atoms with E-state index in [1.807, 2.05) is 24.5 Å². The van der Waals surface area contributed by atoms with Crippen LogP contribution in [0.4, 0.5) is 5.13 Å². The van der Waals surface area contributed by atoms with Crippen molar-refractivity contribution in [2.75, 3.05) is 5.32 Å². The van der Waals surface area contributed by atoms with Crippen molar-refractivity contribution < 1.29 is 10.0 Å². The molecule has 20 heavy (non-hydrogen) atoms. The fraction of sp³-hybridized carbons (Fsp3) is 0.167. The van der Waals surface area contributed by atoms with Crippen LogP contribution in [0.2, 0.25) is 0 Å². The number of benzene rings is 1. The number of carbonyl (C=O) groups is 1. The summed E-state index contributed by atoms with van der Waals surface area (Å²) in [7, 11) is 0. The van der Waals surface area contributed by atoms with Crippen LogP contribution in [-0.2, 0) is 6.42 Å². The fourth-order valence-electron chi connectivity index (χ4n) is 1.53. The number of rotatable bonds is 5. The molecule has 1 amide bonds. The molecule has 8 heteroatoms. The van der Waals surface area contributed by atoms with Crippen molar-refractivity contribution in [2.24, 2.45) is 5.73 Å². The Balaban J connectivity index is 2.01. The molecule has 2 aromatic rings. The molecule has 0 unspecified atom stereocenters. The summed E-state index contributed by atoms with van der Waals surface area (Å²) < 4.78 is 0. The zero-order valence-corrected chi connectivity index (χ0v) is 11.6. The molecule has 1 aromatic heterocycles. The number of carbonyl (C=O) groups excluding carboxylic acids is 1. The minimum Gasteiger partial charge on any atom is -0.464 e. The lowest BCUT2D eigenvalue weighted by atomic mass is 10.1. The Bertz CT molecular complexity index is 601. The average Bonchev–Trinajstić information content (AvgIpc) is 2.85. The Labute approximate surface area is 119 Å². The maximum Gasteiger partial charge on any atom is 0.257 e. The second-order valence-corrected chi connectivity index (χ2v) is 5.20. The van der Waals surface area contributed by atoms with E-state index in [-0.39, 0.29) is 18.5 Å². The highest BCUT2D eigenvalue weighted by atomic mass is 32.1. The first-order chi connectivity index (χ1) is 9.58. The summed E-state index contributed by atoms with van der Waals surface area (Å²) in [5.74, 6) is -0.242. The molecule has 0 aliphatic rings. The van der Waals surface area contributed by atoms with Crippen molar-refractivity contribution in [3.63, 3.8) is 0 Å². The number of amides is 1. The monoisotopic (exact) mass is 292 g/mol. The van der Waals surface area contributed by atoms with Gasteiger partial charge in [0.2, 0.25) is 5.13 Å². The Morgan fingerprint density at radius 2 is 2.30 bits per heavy atom. The minimum atomic E-state index is -0.242. The van der Waals surface area contributed by atoms with Gasteiger partial charge in [-0.2, -0.15) is 6.17 Å². The normalized spacial score (nSPS) is 10.8. The number of nitrogens with two attached hydrogens (primary N) is 1. The number of aryl methyl sites for hydroxylation is 1. The predicted octanol–water partition coefficient (Wildman–Crippen LogP) is 1.07. The van der Waals surface area contributed by atoms with E-state index in [0.29, 0.717) is 15.7 Å². The van der Waals surface area contributed by atoms with Crippen molar-refractivity contribution in [3.05, 3.63) is 46.6 Å². The lowest BCUT2D eigenvalue weighted by Gasteiger charge is -2.19. The largest absolute Gasteiger partial charge is 0.464 e. The highest BCUT2D eigenvalue weighted by Crippen LogP contribution is 2.18. The second kappa shape index (κ2) is 6.53. The van der Waals surface area contributed by atoms with Gasteiger partial charge in [-0.05, 0) is 19.1 Å². The first-order valence-corrected chi connectivity index (χ1v) is 6.62. The molecule has 0 saturated carbocycles. The van der Waals surface area contributed by atoms with E-state index in [1.54, 1.807) is 12.1 Å². The predicted molar refractivity (Wildman–Crippen MR) is 75.1 cm³/mol. The highest BCUT2D eigenvalue weighted by Gasteiger charge is 2.09. The lowest BCUT2D eigenvalue weighted by Crippen LogP contribution is -2.27. The first kappa shape index (κ1) is 14.5. The van der Waals surface area contributed by atoms with Crippen molar-refractivity contribution in [1.29, 1.82) is 0 Å². The smallest absolute Gasteiger partial charge is 0.257 e. The van der Waals surface area contributed by atoms with Crippen LogP contribution in [0.25, 0.3) is 0 Å². The molecule has 0 spiro atoms. The van der Waals surface area contributed by atoms with Crippen LogP contribution < -0.4 is 16.5 Å². The van der Waals surface area contributed by atoms with Gasteiger partial charge in [0.05, 0.1) is 5.01 Å². The molecule has 0 atom stereocenters. The van der Waals surface area contributed by atoms with Crippen LogP contribution in [0.1, 0.15) is 20.9 Å². The summed E-state index contributed by atoms with van der Waals surface area (Å²) in [4.78, 5) is 12.0. The van der Waals surface area contributed by atoms with Gasteiger partial charge < -0.3 is 16.4 Å². The van der Waals surface area contributed by atoms with Crippen LogP contribution in [-0.4, -0.2) is 21.3 Å². The molecule has 0 radical (unpaired) electrons. The minimum absolute atomic E-state index is 0.165. The third kappa shape index (κ3) is 3.81. The van der Waals surface area contributed by atoms with E-state index in [0.717, 1.165) is 5.56 Å². The zero-order chi connectivity index (χ0) is 14.5. The average molecular weight is 292 g/mol. The molecule has 1 aromatic carbocycles. The standard InChI is InChI=1S/C12H14N5O2S/c1-7-3-2-4-8(5-7)11(18)14-12-16-15-10(20-12)6-9(13)17-19/h2-5,17,19H,6,13H2,1H3,(H,14,16,18)/q-1. The SMILES string of the molecule is Cc1cccc(C(=O)Nc2nnc(C[C-](N)NO)s2)c1. The van der Waals surface area contributed by atoms with E-state index in [2.05, 4.69) is 15.5 Å². The van der Waals surface area contributed by atoms with Crippen LogP contribution in [0, 0.1) is 13.1 Å². The van der Waals surface area contributed by atoms with E-state index in [4.69, 9.17) is 10.9 Å². The third-order valence-corrected chi connectivity index (χ3v) is 3.29. The second-order valence-electron chi connectivity index (χ2n) is 4.14. The maximum atomic E-state index is 12.0. The summed E-state index contributed by atoms with van der Waals surface area (Å²) in [6.07, 6.45) is 0.409. The molecular formula is C12H14N5O2S-. The van der Waals surface area contributed by atoms with Gasteiger partial charge in [-0.3, -0.25) is 10.1 Å². The quantitative estimate of drug-likeness (QED) is 0.484. The number of aromatic nitrogens is 2. The molecule has 106 valence electrons. The molecule has 0 bridgehead atoms. The molecule has 0 aliphatic carbocycles. The van der Waals surface area contributed by atoms with Crippen LogP contribution in [0.3, 0.4) is 0 Å². The summed E-state index contributed by atoms with van der Waals surface area (Å²) in [6, 6.07) is 7.25. The Morgan fingerprint density at radius 1 is 1.50 bits per heavy atom. The number of hydrogen-bond donors (Lipinski definition) is 4. The van der Waals surface area contributed by atoms with E-state index < -0.39 is 0 Å². The van der Waals surface area contributed by atoms with Gasteiger partial charge in [-0.1, -0.05) is 35.5 Å². The zero-order valence-electron chi connectivity index (χ0n) is 10.8. The van der Waals surface area contributed by atoms with Gasteiger partial charge in [0, 0.05) is 5.56 Å². The van der Waals surface area contributed by atoms with Crippen molar-refractivity contribution in [3.8, 4) is 0 Å². The summed E-state index contributed by atoms with van der Waals surface area (Å²) in [5.41, 5.74) is 8.84. The van der Waals surface area contributed by atoms with Gasteiger partial charge in [-0.25, -0.2) is 0 Å². The summed E-state index contributed by atoms with van der Waals surface area (Å²) in [5, 5.41) is 20.0. The Hall–Kier alpha value is -1.87. The molecule has 2 rings (SSSR count). The van der Waals surface area contributed by atoms with Gasteiger partial charge in [0.1, 0.15) is 0 Å². The summed E-state index contributed by atoms with van der Waals surface area (Å²) >= 11 is 1.20. The lowest BCUT2D eigenvalue weighted by molar-refractivity contribution is 0.102. The van der Waals surface area contributed by atoms with Gasteiger partial charge in [0.15, 0.2) is 0 Å². The van der Waals surface area contributed by atoms with Crippen molar-refractivity contribution in [2.45, 2.75) is 13.3 Å². The van der Waals surface area contributed by atoms with E-state index in [1.165, 1.54) is 11.3 Å². The topological polar surface area (TPSA) is 113 Å². The number of hydroxylamine groups is 1. The molecule has 0 aliphatic heterocycles. The third-order valence-electron chi connectivity index (χ3n) is 2.45. The number of nitrogens with zero attached hydrogens (tertiary/aromatic N) is 2. The van der Waals surface area contributed by atoms with Crippen molar-refractivity contribution in [1.82, 2.24) is 15.7 Å².